The lowest BCUT2D eigenvalue weighted by Gasteiger charge is -2.29. The molecule has 2 heteroatoms. The standard InChI is InChI=1S/C16H26N2/c1-2-16-9-4-3-5-11-18(16)12-10-14-7-6-8-15(17)13-14/h6-8,13,16H,2-5,9-12,17H2,1H3. The summed E-state index contributed by atoms with van der Waals surface area (Å²) in [4.78, 5) is 2.69. The molecule has 1 fully saturated rings. The fraction of sp³-hybridized carbons (Fsp3) is 0.625. The first-order valence-electron chi connectivity index (χ1n) is 7.38. The highest BCUT2D eigenvalue weighted by atomic mass is 15.1. The number of likely N-dealkylation sites (tertiary alicyclic amines) is 1. The summed E-state index contributed by atoms with van der Waals surface area (Å²) < 4.78 is 0. The molecule has 0 radical (unpaired) electrons. The largest absolute Gasteiger partial charge is 0.399 e. The van der Waals surface area contributed by atoms with E-state index in [0.717, 1.165) is 18.2 Å². The second kappa shape index (κ2) is 6.79. The minimum atomic E-state index is 0.800. The number of nitrogens with two attached hydrogens (primary N) is 1. The van der Waals surface area contributed by atoms with Gasteiger partial charge in [0.2, 0.25) is 0 Å². The molecule has 1 heterocycles. The van der Waals surface area contributed by atoms with Gasteiger partial charge in [-0.15, -0.1) is 0 Å². The van der Waals surface area contributed by atoms with Crippen molar-refractivity contribution in [3.05, 3.63) is 29.8 Å². The molecule has 1 saturated heterocycles. The van der Waals surface area contributed by atoms with Gasteiger partial charge in [-0.25, -0.2) is 0 Å². The van der Waals surface area contributed by atoms with E-state index in [9.17, 15) is 0 Å². The zero-order chi connectivity index (χ0) is 12.8. The number of hydrogen-bond acceptors (Lipinski definition) is 2. The maximum atomic E-state index is 5.83. The Kier molecular flexibility index (Phi) is 5.06. The normalized spacial score (nSPS) is 21.7. The Morgan fingerprint density at radius 1 is 1.28 bits per heavy atom. The lowest BCUT2D eigenvalue weighted by molar-refractivity contribution is 0.197. The average molecular weight is 246 g/mol. The van der Waals surface area contributed by atoms with E-state index in [1.54, 1.807) is 0 Å². The molecule has 1 atom stereocenters. The van der Waals surface area contributed by atoms with Crippen LogP contribution in [0.1, 0.15) is 44.6 Å². The van der Waals surface area contributed by atoms with E-state index in [4.69, 9.17) is 5.73 Å². The minimum absolute atomic E-state index is 0.800. The van der Waals surface area contributed by atoms with Gasteiger partial charge in [-0.1, -0.05) is 31.9 Å². The zero-order valence-electron chi connectivity index (χ0n) is 11.6. The summed E-state index contributed by atoms with van der Waals surface area (Å²) in [6.07, 6.45) is 7.98. The number of nitrogens with zero attached hydrogens (tertiary/aromatic N) is 1. The van der Waals surface area contributed by atoms with Crippen LogP contribution >= 0.6 is 0 Å². The predicted octanol–water partition coefficient (Wildman–Crippen LogP) is 3.47. The lowest BCUT2D eigenvalue weighted by Crippen LogP contribution is -2.36. The molecular weight excluding hydrogens is 220 g/mol. The highest BCUT2D eigenvalue weighted by Crippen LogP contribution is 2.19. The number of anilines is 1. The molecule has 2 N–H and O–H groups in total. The maximum absolute atomic E-state index is 5.83. The second-order valence-corrected chi connectivity index (χ2v) is 5.44. The van der Waals surface area contributed by atoms with Gasteiger partial charge in [-0.3, -0.25) is 0 Å². The van der Waals surface area contributed by atoms with Gasteiger partial charge in [-0.2, -0.15) is 0 Å². The molecular formula is C16H26N2. The summed E-state index contributed by atoms with van der Waals surface area (Å²) in [6, 6.07) is 9.12. The van der Waals surface area contributed by atoms with E-state index in [0.29, 0.717) is 0 Å². The van der Waals surface area contributed by atoms with Crippen LogP contribution in [0.25, 0.3) is 0 Å². The van der Waals surface area contributed by atoms with Crippen LogP contribution < -0.4 is 5.73 Å². The molecule has 0 saturated carbocycles. The van der Waals surface area contributed by atoms with Crippen molar-refractivity contribution in [1.82, 2.24) is 4.90 Å². The monoisotopic (exact) mass is 246 g/mol. The van der Waals surface area contributed by atoms with Crippen molar-refractivity contribution >= 4 is 5.69 Å². The Morgan fingerprint density at radius 2 is 2.17 bits per heavy atom. The van der Waals surface area contributed by atoms with Crippen LogP contribution in [-0.2, 0) is 6.42 Å². The first-order chi connectivity index (χ1) is 8.79. The van der Waals surface area contributed by atoms with Crippen molar-refractivity contribution in [3.63, 3.8) is 0 Å². The van der Waals surface area contributed by atoms with Gasteiger partial charge in [-0.05, 0) is 49.9 Å². The van der Waals surface area contributed by atoms with Crippen LogP contribution in [0.3, 0.4) is 0 Å². The Balaban J connectivity index is 1.91. The van der Waals surface area contributed by atoms with Crippen molar-refractivity contribution in [2.75, 3.05) is 18.8 Å². The van der Waals surface area contributed by atoms with Crippen molar-refractivity contribution in [3.8, 4) is 0 Å². The molecule has 0 aromatic heterocycles. The highest BCUT2D eigenvalue weighted by Gasteiger charge is 2.18. The van der Waals surface area contributed by atoms with Crippen LogP contribution in [0.5, 0.6) is 0 Å². The third kappa shape index (κ3) is 3.74. The summed E-state index contributed by atoms with van der Waals surface area (Å²) >= 11 is 0. The van der Waals surface area contributed by atoms with Gasteiger partial charge in [0.25, 0.3) is 0 Å². The number of rotatable bonds is 4. The SMILES string of the molecule is CCC1CCCCCN1CCc1cccc(N)c1. The second-order valence-electron chi connectivity index (χ2n) is 5.44. The first-order valence-corrected chi connectivity index (χ1v) is 7.38. The molecule has 0 aliphatic carbocycles. The molecule has 1 aliphatic rings. The molecule has 100 valence electrons. The molecule has 0 bridgehead atoms. The highest BCUT2D eigenvalue weighted by molar-refractivity contribution is 5.40. The fourth-order valence-electron chi connectivity index (χ4n) is 3.01. The lowest BCUT2D eigenvalue weighted by atomic mass is 10.1. The van der Waals surface area contributed by atoms with E-state index in [1.807, 2.05) is 6.07 Å². The summed E-state index contributed by atoms with van der Waals surface area (Å²) in [7, 11) is 0. The molecule has 2 rings (SSSR count). The minimum Gasteiger partial charge on any atom is -0.399 e. The van der Waals surface area contributed by atoms with Gasteiger partial charge < -0.3 is 10.6 Å². The fourth-order valence-corrected chi connectivity index (χ4v) is 3.01. The van der Waals surface area contributed by atoms with Crippen LogP contribution in [0, 0.1) is 0 Å². The predicted molar refractivity (Wildman–Crippen MR) is 78.7 cm³/mol. The Hall–Kier alpha value is -1.02. The Morgan fingerprint density at radius 3 is 2.94 bits per heavy atom. The van der Waals surface area contributed by atoms with Gasteiger partial charge in [0.05, 0.1) is 0 Å². The Labute approximate surface area is 111 Å². The van der Waals surface area contributed by atoms with Crippen LogP contribution in [0.15, 0.2) is 24.3 Å². The van der Waals surface area contributed by atoms with Crippen LogP contribution in [-0.4, -0.2) is 24.0 Å². The smallest absolute Gasteiger partial charge is 0.0316 e. The van der Waals surface area contributed by atoms with Crippen LogP contribution in [0.2, 0.25) is 0 Å². The van der Waals surface area contributed by atoms with Crippen LogP contribution in [0.4, 0.5) is 5.69 Å². The maximum Gasteiger partial charge on any atom is 0.0316 e. The molecule has 2 nitrogen and oxygen atoms in total. The van der Waals surface area contributed by atoms with Crippen molar-refractivity contribution in [2.45, 2.75) is 51.5 Å². The topological polar surface area (TPSA) is 29.3 Å². The number of nitrogen functional groups attached to an aromatic ring is 1. The number of benzene rings is 1. The molecule has 1 aliphatic heterocycles. The van der Waals surface area contributed by atoms with E-state index in [1.165, 1.54) is 50.8 Å². The molecule has 1 aromatic rings. The zero-order valence-corrected chi connectivity index (χ0v) is 11.6. The van der Waals surface area contributed by atoms with Gasteiger partial charge >= 0.3 is 0 Å². The van der Waals surface area contributed by atoms with Gasteiger partial charge in [0, 0.05) is 18.3 Å². The van der Waals surface area contributed by atoms with Crippen molar-refractivity contribution in [1.29, 1.82) is 0 Å². The van der Waals surface area contributed by atoms with E-state index in [-0.39, 0.29) is 0 Å². The summed E-state index contributed by atoms with van der Waals surface area (Å²) in [6.45, 7) is 4.78. The molecule has 1 unspecified atom stereocenters. The Bertz CT molecular complexity index is 362. The van der Waals surface area contributed by atoms with E-state index < -0.39 is 0 Å². The average Bonchev–Trinajstić information content (AvgIpc) is 2.61. The third-order valence-corrected chi connectivity index (χ3v) is 4.11. The molecule has 1 aromatic carbocycles. The first kappa shape index (κ1) is 13.4. The quantitative estimate of drug-likeness (QED) is 0.824. The molecule has 0 amide bonds. The van der Waals surface area contributed by atoms with Gasteiger partial charge in [0.1, 0.15) is 0 Å². The summed E-state index contributed by atoms with van der Waals surface area (Å²) in [5.41, 5.74) is 8.09. The van der Waals surface area contributed by atoms with Crippen molar-refractivity contribution in [2.24, 2.45) is 0 Å². The third-order valence-electron chi connectivity index (χ3n) is 4.11. The molecule has 0 spiro atoms. The summed E-state index contributed by atoms with van der Waals surface area (Å²) in [5.74, 6) is 0. The number of hydrogen-bond donors (Lipinski definition) is 1. The van der Waals surface area contributed by atoms with Gasteiger partial charge in [0.15, 0.2) is 0 Å². The molecule has 18 heavy (non-hydrogen) atoms. The van der Waals surface area contributed by atoms with E-state index >= 15 is 0 Å². The van der Waals surface area contributed by atoms with E-state index in [2.05, 4.69) is 30.0 Å². The summed E-state index contributed by atoms with van der Waals surface area (Å²) in [5, 5.41) is 0. The van der Waals surface area contributed by atoms with Crippen molar-refractivity contribution < 1.29 is 0 Å².